The minimum Gasteiger partial charge on any atom is -0.846 e. The van der Waals surface area contributed by atoms with Gasteiger partial charge in [0.25, 0.3) is 5.91 Å². The normalized spacial score (nSPS) is 21.6. The molecular weight excluding hydrogens is 388 g/mol. The van der Waals surface area contributed by atoms with Gasteiger partial charge in [-0.2, -0.15) is 0 Å². The molecule has 2 aromatic rings. The SMILES string of the molecule is Cc1ccc(C2([O-])CCN(C(=O)[C@H](NC(=O)c3ccccc3)C(C)C)CC2(C)C)cc1. The first-order chi connectivity index (χ1) is 14.5. The maximum absolute atomic E-state index is 13.9. The Morgan fingerprint density at radius 1 is 1.03 bits per heavy atom. The molecule has 31 heavy (non-hydrogen) atoms. The number of nitrogens with one attached hydrogen (secondary N) is 1. The number of rotatable bonds is 5. The lowest BCUT2D eigenvalue weighted by atomic mass is 9.66. The van der Waals surface area contributed by atoms with E-state index in [1.165, 1.54) is 0 Å². The van der Waals surface area contributed by atoms with Crippen LogP contribution in [0.2, 0.25) is 0 Å². The van der Waals surface area contributed by atoms with E-state index >= 15 is 0 Å². The first-order valence-electron chi connectivity index (χ1n) is 11.0. The molecule has 1 N–H and O–H groups in total. The Morgan fingerprint density at radius 2 is 1.65 bits per heavy atom. The van der Waals surface area contributed by atoms with E-state index in [4.69, 9.17) is 0 Å². The van der Waals surface area contributed by atoms with Crippen LogP contribution >= 0.6 is 0 Å². The van der Waals surface area contributed by atoms with Crippen LogP contribution in [0, 0.1) is 18.3 Å². The number of piperidine rings is 1. The molecule has 0 radical (unpaired) electrons. The molecule has 5 heteroatoms. The molecule has 1 saturated heterocycles. The number of aryl methyl sites for hydroxylation is 1. The second-order valence-corrected chi connectivity index (χ2v) is 9.65. The summed E-state index contributed by atoms with van der Waals surface area (Å²) >= 11 is 0. The van der Waals surface area contributed by atoms with Crippen molar-refractivity contribution in [3.63, 3.8) is 0 Å². The van der Waals surface area contributed by atoms with E-state index in [0.717, 1.165) is 11.1 Å². The summed E-state index contributed by atoms with van der Waals surface area (Å²) in [7, 11) is 0. The molecule has 2 aromatic carbocycles. The average Bonchev–Trinajstić information content (AvgIpc) is 2.74. The zero-order valence-electron chi connectivity index (χ0n) is 19.1. The molecular formula is C26H33N2O3-. The van der Waals surface area contributed by atoms with Gasteiger partial charge in [0.05, 0.1) is 0 Å². The summed E-state index contributed by atoms with van der Waals surface area (Å²) < 4.78 is 0. The van der Waals surface area contributed by atoms with Gasteiger partial charge in [0.15, 0.2) is 0 Å². The Hall–Kier alpha value is -2.66. The van der Waals surface area contributed by atoms with Crippen LogP contribution in [0.1, 0.15) is 55.6 Å². The first-order valence-corrected chi connectivity index (χ1v) is 11.0. The van der Waals surface area contributed by atoms with Crippen molar-refractivity contribution < 1.29 is 14.7 Å². The highest BCUT2D eigenvalue weighted by Gasteiger charge is 2.44. The Morgan fingerprint density at radius 3 is 2.19 bits per heavy atom. The first kappa shape index (κ1) is 23.0. The van der Waals surface area contributed by atoms with Crippen LogP contribution in [0.4, 0.5) is 0 Å². The van der Waals surface area contributed by atoms with Crippen LogP contribution in [0.15, 0.2) is 54.6 Å². The third kappa shape index (κ3) is 4.67. The van der Waals surface area contributed by atoms with Crippen molar-refractivity contribution in [1.29, 1.82) is 0 Å². The van der Waals surface area contributed by atoms with Crippen LogP contribution in [0.5, 0.6) is 0 Å². The number of benzene rings is 2. The molecule has 0 saturated carbocycles. The fraction of sp³-hybridized carbons (Fsp3) is 0.462. The van der Waals surface area contributed by atoms with Crippen molar-refractivity contribution in [2.45, 2.75) is 52.7 Å². The van der Waals surface area contributed by atoms with Crippen LogP contribution in [-0.4, -0.2) is 35.8 Å². The number of carbonyl (C=O) groups excluding carboxylic acids is 2. The van der Waals surface area contributed by atoms with Crippen molar-refractivity contribution in [2.24, 2.45) is 11.3 Å². The highest BCUT2D eigenvalue weighted by Crippen LogP contribution is 2.44. The van der Waals surface area contributed by atoms with Gasteiger partial charge >= 0.3 is 0 Å². The maximum Gasteiger partial charge on any atom is 0.251 e. The lowest BCUT2D eigenvalue weighted by molar-refractivity contribution is -0.523. The quantitative estimate of drug-likeness (QED) is 0.805. The monoisotopic (exact) mass is 421 g/mol. The fourth-order valence-corrected chi connectivity index (χ4v) is 4.39. The lowest BCUT2D eigenvalue weighted by Crippen LogP contribution is -2.64. The molecule has 0 aliphatic carbocycles. The van der Waals surface area contributed by atoms with Gasteiger partial charge in [0, 0.05) is 18.7 Å². The van der Waals surface area contributed by atoms with Gasteiger partial charge in [-0.15, -0.1) is 0 Å². The molecule has 0 spiro atoms. The molecule has 2 amide bonds. The zero-order valence-corrected chi connectivity index (χ0v) is 19.1. The van der Waals surface area contributed by atoms with Gasteiger partial charge in [0.2, 0.25) is 5.91 Å². The molecule has 1 unspecified atom stereocenters. The van der Waals surface area contributed by atoms with Crippen molar-refractivity contribution in [1.82, 2.24) is 10.2 Å². The van der Waals surface area contributed by atoms with E-state index in [9.17, 15) is 14.7 Å². The van der Waals surface area contributed by atoms with Crippen molar-refractivity contribution in [3.05, 3.63) is 71.3 Å². The molecule has 1 aliphatic rings. The van der Waals surface area contributed by atoms with Gasteiger partial charge in [-0.25, -0.2) is 0 Å². The largest absolute Gasteiger partial charge is 0.846 e. The van der Waals surface area contributed by atoms with E-state index in [1.807, 2.05) is 65.0 Å². The molecule has 1 fully saturated rings. The molecule has 2 atom stereocenters. The number of hydrogen-bond donors (Lipinski definition) is 1. The fourth-order valence-electron chi connectivity index (χ4n) is 4.39. The average molecular weight is 422 g/mol. The number of likely N-dealkylation sites (tertiary alicyclic amines) is 1. The van der Waals surface area contributed by atoms with Gasteiger partial charge < -0.3 is 15.3 Å². The topological polar surface area (TPSA) is 72.5 Å². The Bertz CT molecular complexity index is 921. The minimum atomic E-state index is -1.27. The minimum absolute atomic E-state index is 0.0701. The van der Waals surface area contributed by atoms with Gasteiger partial charge in [-0.1, -0.05) is 86.9 Å². The molecule has 166 valence electrons. The predicted octanol–water partition coefficient (Wildman–Crippen LogP) is 3.26. The van der Waals surface area contributed by atoms with Crippen molar-refractivity contribution in [3.8, 4) is 0 Å². The third-order valence-corrected chi connectivity index (χ3v) is 6.50. The van der Waals surface area contributed by atoms with E-state index < -0.39 is 17.1 Å². The molecule has 0 bridgehead atoms. The number of amides is 2. The third-order valence-electron chi connectivity index (χ3n) is 6.50. The second-order valence-electron chi connectivity index (χ2n) is 9.65. The summed E-state index contributed by atoms with van der Waals surface area (Å²) in [5.41, 5.74) is 0.497. The maximum atomic E-state index is 13.9. The Kier molecular flexibility index (Phi) is 6.56. The molecule has 1 heterocycles. The van der Waals surface area contributed by atoms with Gasteiger partial charge in [-0.05, 0) is 36.8 Å². The number of carbonyl (C=O) groups is 2. The van der Waals surface area contributed by atoms with E-state index in [-0.39, 0.29) is 17.7 Å². The Labute approximate surface area is 185 Å². The lowest BCUT2D eigenvalue weighted by Gasteiger charge is -2.59. The van der Waals surface area contributed by atoms with Gasteiger partial charge in [-0.3, -0.25) is 9.59 Å². The van der Waals surface area contributed by atoms with E-state index in [0.29, 0.717) is 25.1 Å². The van der Waals surface area contributed by atoms with E-state index in [1.54, 1.807) is 29.2 Å². The standard InChI is InChI=1S/C26H33N2O3/c1-18(2)22(27-23(29)20-9-7-6-8-10-20)24(30)28-16-15-26(31,25(4,5)17-28)21-13-11-19(3)12-14-21/h6-14,18,22H,15-17H2,1-5H3,(H,27,29)/q-1/t22-,26?/m1/s1. The van der Waals surface area contributed by atoms with Crippen molar-refractivity contribution in [2.75, 3.05) is 13.1 Å². The predicted molar refractivity (Wildman–Crippen MR) is 120 cm³/mol. The summed E-state index contributed by atoms with van der Waals surface area (Å²) in [6, 6.07) is 16.0. The van der Waals surface area contributed by atoms with E-state index in [2.05, 4.69) is 5.32 Å². The van der Waals surface area contributed by atoms with Gasteiger partial charge in [0.1, 0.15) is 6.04 Å². The van der Waals surface area contributed by atoms with Crippen LogP contribution in [-0.2, 0) is 10.4 Å². The molecule has 1 aliphatic heterocycles. The summed E-state index contributed by atoms with van der Waals surface area (Å²) in [5.74, 6) is -0.459. The highest BCUT2D eigenvalue weighted by atomic mass is 16.3. The van der Waals surface area contributed by atoms with Crippen LogP contribution in [0.3, 0.4) is 0 Å². The second kappa shape index (κ2) is 8.83. The smallest absolute Gasteiger partial charge is 0.251 e. The highest BCUT2D eigenvalue weighted by molar-refractivity contribution is 5.97. The zero-order chi connectivity index (χ0) is 22.8. The molecule has 5 nitrogen and oxygen atoms in total. The molecule has 0 aromatic heterocycles. The summed E-state index contributed by atoms with van der Waals surface area (Å²) in [5, 5.41) is 16.8. The number of nitrogens with zero attached hydrogens (tertiary/aromatic N) is 1. The number of hydrogen-bond acceptors (Lipinski definition) is 3. The van der Waals surface area contributed by atoms with Crippen LogP contribution < -0.4 is 10.4 Å². The van der Waals surface area contributed by atoms with Crippen LogP contribution in [0.25, 0.3) is 0 Å². The summed E-state index contributed by atoms with van der Waals surface area (Å²) in [6.07, 6.45) is 0.340. The summed E-state index contributed by atoms with van der Waals surface area (Å²) in [4.78, 5) is 27.8. The van der Waals surface area contributed by atoms with Crippen molar-refractivity contribution >= 4 is 11.8 Å². The molecule has 3 rings (SSSR count). The summed E-state index contributed by atoms with van der Waals surface area (Å²) in [6.45, 7) is 10.5. The Balaban J connectivity index is 1.77.